The maximum absolute atomic E-state index is 13.3. The lowest BCUT2D eigenvalue weighted by Crippen LogP contribution is -2.23. The van der Waals surface area contributed by atoms with Crippen molar-refractivity contribution in [3.8, 4) is 17.2 Å². The van der Waals surface area contributed by atoms with Gasteiger partial charge in [-0.05, 0) is 53.6 Å². The van der Waals surface area contributed by atoms with Gasteiger partial charge in [-0.3, -0.25) is 4.79 Å². The number of aromatic nitrogens is 3. The van der Waals surface area contributed by atoms with Crippen LogP contribution in [-0.2, 0) is 6.54 Å². The normalized spacial score (nSPS) is 11.4. The van der Waals surface area contributed by atoms with Crippen LogP contribution in [0.5, 0.6) is 17.2 Å². The van der Waals surface area contributed by atoms with Crippen molar-refractivity contribution in [3.63, 3.8) is 0 Å². The maximum atomic E-state index is 13.3. The topological polar surface area (TPSA) is 148 Å². The Balaban J connectivity index is 1.55. The fourth-order valence-electron chi connectivity index (χ4n) is 3.75. The molecule has 0 unspecified atom stereocenters. The number of rotatable bonds is 6. The second kappa shape index (κ2) is 9.26. The molecule has 2 heterocycles. The van der Waals surface area contributed by atoms with E-state index in [4.69, 9.17) is 10.5 Å². The number of hydrogen-bond acceptors (Lipinski definition) is 8. The highest BCUT2D eigenvalue weighted by Gasteiger charge is 2.24. The standard InChI is InChI=1S/C26H22N6O4/c1-36-17-9-6-15(7-10-17)13-28-26(35)22-23-25(31-19-5-3-2-4-18(19)30-23)32(24(22)27)29-14-16-8-11-20(33)21(34)12-16/h2-12,14,33-34H,13,27H2,1H3,(H,28,35)/b29-14+. The third-order valence-electron chi connectivity index (χ3n) is 5.63. The molecule has 0 aliphatic carbocycles. The number of nitrogens with one attached hydrogen (secondary N) is 1. The molecular formula is C26H22N6O4. The van der Waals surface area contributed by atoms with Gasteiger partial charge in [0.2, 0.25) is 0 Å². The minimum Gasteiger partial charge on any atom is -0.504 e. The Hall–Kier alpha value is -5.12. The maximum Gasteiger partial charge on any atom is 0.257 e. The molecule has 0 bridgehead atoms. The zero-order valence-corrected chi connectivity index (χ0v) is 19.2. The van der Waals surface area contributed by atoms with E-state index in [1.165, 1.54) is 23.0 Å². The molecule has 10 nitrogen and oxygen atoms in total. The second-order valence-electron chi connectivity index (χ2n) is 7.98. The Kier molecular flexibility index (Phi) is 5.83. The number of fused-ring (bicyclic) bond motifs is 2. The van der Waals surface area contributed by atoms with Gasteiger partial charge >= 0.3 is 0 Å². The molecule has 0 saturated heterocycles. The summed E-state index contributed by atoms with van der Waals surface area (Å²) in [6.45, 7) is 0.270. The first-order chi connectivity index (χ1) is 17.4. The largest absolute Gasteiger partial charge is 0.504 e. The first kappa shape index (κ1) is 22.7. The average Bonchev–Trinajstić information content (AvgIpc) is 3.16. The molecule has 0 atom stereocenters. The van der Waals surface area contributed by atoms with Crippen LogP contribution in [-0.4, -0.2) is 44.1 Å². The fraction of sp³-hybridized carbons (Fsp3) is 0.0769. The van der Waals surface area contributed by atoms with E-state index in [-0.39, 0.29) is 29.4 Å². The van der Waals surface area contributed by atoms with Gasteiger partial charge in [-0.1, -0.05) is 24.3 Å². The summed E-state index contributed by atoms with van der Waals surface area (Å²) in [6.07, 6.45) is 1.44. The van der Waals surface area contributed by atoms with Crippen molar-refractivity contribution in [1.29, 1.82) is 0 Å². The molecule has 3 aromatic carbocycles. The van der Waals surface area contributed by atoms with Gasteiger partial charge in [0.05, 0.1) is 24.4 Å². The number of nitrogen functional groups attached to an aromatic ring is 1. The predicted molar refractivity (Wildman–Crippen MR) is 136 cm³/mol. The second-order valence-corrected chi connectivity index (χ2v) is 7.98. The van der Waals surface area contributed by atoms with Crippen molar-refractivity contribution < 1.29 is 19.7 Å². The smallest absolute Gasteiger partial charge is 0.257 e. The van der Waals surface area contributed by atoms with Gasteiger partial charge in [0.25, 0.3) is 5.91 Å². The highest BCUT2D eigenvalue weighted by Crippen LogP contribution is 2.28. The van der Waals surface area contributed by atoms with Crippen molar-refractivity contribution in [2.45, 2.75) is 6.54 Å². The summed E-state index contributed by atoms with van der Waals surface area (Å²) < 4.78 is 6.51. The molecular weight excluding hydrogens is 460 g/mol. The van der Waals surface area contributed by atoms with Crippen LogP contribution < -0.4 is 15.8 Å². The number of para-hydroxylation sites is 2. The Morgan fingerprint density at radius 3 is 2.47 bits per heavy atom. The lowest BCUT2D eigenvalue weighted by atomic mass is 10.2. The van der Waals surface area contributed by atoms with Crippen LogP contribution in [0, 0.1) is 0 Å². The van der Waals surface area contributed by atoms with Crippen LogP contribution in [0.25, 0.3) is 22.2 Å². The molecule has 36 heavy (non-hydrogen) atoms. The van der Waals surface area contributed by atoms with E-state index >= 15 is 0 Å². The molecule has 5 N–H and O–H groups in total. The zero-order valence-electron chi connectivity index (χ0n) is 19.2. The van der Waals surface area contributed by atoms with E-state index in [0.717, 1.165) is 11.3 Å². The molecule has 2 aromatic heterocycles. The Labute approximate surface area is 205 Å². The van der Waals surface area contributed by atoms with E-state index in [9.17, 15) is 15.0 Å². The van der Waals surface area contributed by atoms with E-state index < -0.39 is 5.91 Å². The number of benzene rings is 3. The van der Waals surface area contributed by atoms with Crippen molar-refractivity contribution >= 4 is 40.1 Å². The van der Waals surface area contributed by atoms with Gasteiger partial charge in [-0.2, -0.15) is 9.78 Å². The summed E-state index contributed by atoms with van der Waals surface area (Å²) in [5, 5.41) is 26.6. The average molecular weight is 483 g/mol. The van der Waals surface area contributed by atoms with Gasteiger partial charge < -0.3 is 26.0 Å². The molecule has 180 valence electrons. The van der Waals surface area contributed by atoms with Gasteiger partial charge in [0, 0.05) is 6.54 Å². The number of carbonyl (C=O) groups excluding carboxylic acids is 1. The lowest BCUT2D eigenvalue weighted by molar-refractivity contribution is 0.0953. The van der Waals surface area contributed by atoms with Crippen LogP contribution in [0.2, 0.25) is 0 Å². The number of aromatic hydroxyl groups is 2. The minimum atomic E-state index is -0.422. The molecule has 1 amide bonds. The Bertz CT molecular complexity index is 1630. The highest BCUT2D eigenvalue weighted by atomic mass is 16.5. The molecule has 0 spiro atoms. The van der Waals surface area contributed by atoms with Crippen molar-refractivity contribution in [1.82, 2.24) is 20.0 Å². The van der Waals surface area contributed by atoms with E-state index in [0.29, 0.717) is 27.8 Å². The molecule has 5 aromatic rings. The van der Waals surface area contributed by atoms with Crippen molar-refractivity contribution in [2.75, 3.05) is 12.8 Å². The van der Waals surface area contributed by atoms with E-state index in [1.807, 2.05) is 36.4 Å². The number of nitrogens with two attached hydrogens (primary N) is 1. The SMILES string of the molecule is COc1ccc(CNC(=O)c2c(N)n(/N=C/c3ccc(O)c(O)c3)c3nc4ccccc4nc23)cc1. The third-order valence-corrected chi connectivity index (χ3v) is 5.63. The summed E-state index contributed by atoms with van der Waals surface area (Å²) in [5.74, 6) is -0.167. The molecule has 10 heteroatoms. The number of amides is 1. The predicted octanol–water partition coefficient (Wildman–Crippen LogP) is 3.40. The summed E-state index contributed by atoms with van der Waals surface area (Å²) in [4.78, 5) is 22.6. The van der Waals surface area contributed by atoms with Gasteiger partial charge in [-0.15, -0.1) is 0 Å². The Morgan fingerprint density at radius 2 is 1.78 bits per heavy atom. The number of methoxy groups -OCH3 is 1. The molecule has 0 fully saturated rings. The first-order valence-electron chi connectivity index (χ1n) is 11.0. The molecule has 0 aliphatic heterocycles. The number of ether oxygens (including phenoxy) is 1. The van der Waals surface area contributed by atoms with Gasteiger partial charge in [0.1, 0.15) is 22.6 Å². The number of phenolic OH excluding ortho intramolecular Hbond substituents is 2. The summed E-state index contributed by atoms with van der Waals surface area (Å²) in [6, 6.07) is 18.9. The minimum absolute atomic E-state index is 0.0618. The zero-order chi connectivity index (χ0) is 25.2. The summed E-state index contributed by atoms with van der Waals surface area (Å²) in [5.41, 5.74) is 9.79. The van der Waals surface area contributed by atoms with Gasteiger partial charge in [-0.25, -0.2) is 9.97 Å². The number of anilines is 1. The van der Waals surface area contributed by atoms with Crippen LogP contribution in [0.1, 0.15) is 21.5 Å². The number of phenols is 2. The summed E-state index contributed by atoms with van der Waals surface area (Å²) in [7, 11) is 1.59. The number of nitrogens with zero attached hydrogens (tertiary/aromatic N) is 4. The van der Waals surface area contributed by atoms with Gasteiger partial charge in [0.15, 0.2) is 17.1 Å². The Morgan fingerprint density at radius 1 is 1.06 bits per heavy atom. The summed E-state index contributed by atoms with van der Waals surface area (Å²) >= 11 is 0. The van der Waals surface area contributed by atoms with Crippen molar-refractivity contribution in [2.24, 2.45) is 5.10 Å². The van der Waals surface area contributed by atoms with E-state index in [1.54, 1.807) is 25.3 Å². The van der Waals surface area contributed by atoms with Crippen LogP contribution >= 0.6 is 0 Å². The molecule has 0 saturated carbocycles. The monoisotopic (exact) mass is 482 g/mol. The molecule has 5 rings (SSSR count). The van der Waals surface area contributed by atoms with Crippen LogP contribution in [0.4, 0.5) is 5.82 Å². The van der Waals surface area contributed by atoms with E-state index in [2.05, 4.69) is 20.4 Å². The molecule has 0 aliphatic rings. The fourth-order valence-corrected chi connectivity index (χ4v) is 3.75. The van der Waals surface area contributed by atoms with Crippen LogP contribution in [0.15, 0.2) is 71.8 Å². The highest BCUT2D eigenvalue weighted by molar-refractivity contribution is 6.10. The first-order valence-corrected chi connectivity index (χ1v) is 11.0. The third kappa shape index (κ3) is 4.23. The quantitative estimate of drug-likeness (QED) is 0.214. The number of carbonyl (C=O) groups is 1. The lowest BCUT2D eigenvalue weighted by Gasteiger charge is -2.07. The van der Waals surface area contributed by atoms with Crippen molar-refractivity contribution in [3.05, 3.63) is 83.4 Å². The van der Waals surface area contributed by atoms with Crippen LogP contribution in [0.3, 0.4) is 0 Å². The molecule has 0 radical (unpaired) electrons. The number of hydrogen-bond donors (Lipinski definition) is 4.